The molecular weight excluding hydrogens is 168 g/mol. The third kappa shape index (κ3) is 2.91. The maximum absolute atomic E-state index is 10.2. The Morgan fingerprint density at radius 1 is 1.54 bits per heavy atom. The summed E-state index contributed by atoms with van der Waals surface area (Å²) in [7, 11) is 0. The van der Waals surface area contributed by atoms with Gasteiger partial charge < -0.3 is 4.74 Å². The predicted octanol–water partition coefficient (Wildman–Crippen LogP) is 0.691. The van der Waals surface area contributed by atoms with Crippen LogP contribution in [-0.2, 0) is 0 Å². The smallest absolute Gasteiger partial charge is 0.233 e. The highest BCUT2D eigenvalue weighted by Crippen LogP contribution is 2.01. The lowest BCUT2D eigenvalue weighted by molar-refractivity contribution is 0.111. The van der Waals surface area contributed by atoms with Crippen LogP contribution in [0.25, 0.3) is 0 Å². The van der Waals surface area contributed by atoms with Crippen molar-refractivity contribution in [2.24, 2.45) is 0 Å². The van der Waals surface area contributed by atoms with Gasteiger partial charge in [-0.2, -0.15) is 0 Å². The molecule has 0 bridgehead atoms. The van der Waals surface area contributed by atoms with E-state index in [-0.39, 0.29) is 12.3 Å². The number of carbonyl (C=O) groups is 1. The first-order chi connectivity index (χ1) is 6.36. The number of ether oxygens (including phenoxy) is 1. The monoisotopic (exact) mass is 176 g/mol. The van der Waals surface area contributed by atoms with E-state index in [1.165, 1.54) is 12.4 Å². The van der Waals surface area contributed by atoms with Crippen LogP contribution < -0.4 is 4.74 Å². The van der Waals surface area contributed by atoms with Gasteiger partial charge in [0, 0.05) is 0 Å². The summed E-state index contributed by atoms with van der Waals surface area (Å²) in [5.74, 6) is 5.77. The molecule has 0 saturated carbocycles. The maximum atomic E-state index is 10.2. The van der Waals surface area contributed by atoms with Crippen molar-refractivity contribution in [1.82, 2.24) is 9.97 Å². The maximum Gasteiger partial charge on any atom is 0.233 e. The molecule has 0 aliphatic carbocycles. The Bertz CT molecular complexity index is 335. The lowest BCUT2D eigenvalue weighted by atomic mass is 10.5. The number of nitrogens with zero attached hydrogens (tertiary/aromatic N) is 2. The fourth-order valence-electron chi connectivity index (χ4n) is 0.644. The summed E-state index contributed by atoms with van der Waals surface area (Å²) in [6, 6.07) is 0. The number of hydrogen-bond donors (Lipinski definition) is 0. The molecule has 4 heteroatoms. The first kappa shape index (κ1) is 9.20. The van der Waals surface area contributed by atoms with E-state index in [2.05, 4.69) is 21.8 Å². The summed E-state index contributed by atoms with van der Waals surface area (Å²) in [5, 5.41) is 0. The first-order valence-electron chi connectivity index (χ1n) is 3.66. The number of carbonyl (C=O) groups excluding carboxylic acids is 1. The van der Waals surface area contributed by atoms with Crippen molar-refractivity contribution in [3.8, 4) is 17.7 Å². The molecule has 1 rings (SSSR count). The summed E-state index contributed by atoms with van der Waals surface area (Å²) in [4.78, 5) is 17.8. The SMILES string of the molecule is CC#CCOc1cnc(C=O)cn1. The van der Waals surface area contributed by atoms with Crippen molar-refractivity contribution in [3.05, 3.63) is 18.1 Å². The zero-order valence-corrected chi connectivity index (χ0v) is 7.15. The van der Waals surface area contributed by atoms with Crippen LogP contribution >= 0.6 is 0 Å². The van der Waals surface area contributed by atoms with Gasteiger partial charge in [-0.3, -0.25) is 4.79 Å². The summed E-state index contributed by atoms with van der Waals surface area (Å²) in [6.07, 6.45) is 3.37. The van der Waals surface area contributed by atoms with Crippen LogP contribution in [0.4, 0.5) is 0 Å². The van der Waals surface area contributed by atoms with E-state index in [9.17, 15) is 4.79 Å². The van der Waals surface area contributed by atoms with E-state index in [1.54, 1.807) is 6.92 Å². The van der Waals surface area contributed by atoms with Gasteiger partial charge in [0.15, 0.2) is 12.9 Å². The van der Waals surface area contributed by atoms with Gasteiger partial charge in [0.2, 0.25) is 5.88 Å². The summed E-state index contributed by atoms with van der Waals surface area (Å²) in [5.41, 5.74) is 0.286. The normalized spacial score (nSPS) is 8.38. The summed E-state index contributed by atoms with van der Waals surface area (Å²) >= 11 is 0. The zero-order valence-electron chi connectivity index (χ0n) is 7.15. The van der Waals surface area contributed by atoms with E-state index < -0.39 is 0 Å². The highest BCUT2D eigenvalue weighted by molar-refractivity contribution is 5.70. The summed E-state index contributed by atoms with van der Waals surface area (Å²) in [6.45, 7) is 2.01. The molecule has 0 fully saturated rings. The molecule has 0 aromatic carbocycles. The van der Waals surface area contributed by atoms with E-state index in [0.717, 1.165) is 0 Å². The minimum atomic E-state index is 0.283. The average Bonchev–Trinajstić information content (AvgIpc) is 2.19. The van der Waals surface area contributed by atoms with Crippen LogP contribution in [0.3, 0.4) is 0 Å². The minimum absolute atomic E-state index is 0.283. The number of aromatic nitrogens is 2. The van der Waals surface area contributed by atoms with Gasteiger partial charge in [-0.05, 0) is 6.92 Å². The quantitative estimate of drug-likeness (QED) is 0.502. The van der Waals surface area contributed by atoms with Crippen LogP contribution in [0.15, 0.2) is 12.4 Å². The van der Waals surface area contributed by atoms with Gasteiger partial charge in [0.1, 0.15) is 5.69 Å². The average molecular weight is 176 g/mol. The second-order valence-electron chi connectivity index (χ2n) is 2.11. The molecule has 0 radical (unpaired) electrons. The van der Waals surface area contributed by atoms with Crippen molar-refractivity contribution in [3.63, 3.8) is 0 Å². The molecular formula is C9H8N2O2. The van der Waals surface area contributed by atoms with E-state index in [0.29, 0.717) is 12.2 Å². The Labute approximate surface area is 76.0 Å². The second kappa shape index (κ2) is 4.88. The van der Waals surface area contributed by atoms with Gasteiger partial charge in [0.05, 0.1) is 12.4 Å². The molecule has 1 heterocycles. The van der Waals surface area contributed by atoms with Gasteiger partial charge in [0.25, 0.3) is 0 Å². The molecule has 4 nitrogen and oxygen atoms in total. The Hall–Kier alpha value is -1.89. The van der Waals surface area contributed by atoms with Gasteiger partial charge in [-0.25, -0.2) is 9.97 Å². The van der Waals surface area contributed by atoms with Gasteiger partial charge in [-0.15, -0.1) is 5.92 Å². The number of hydrogen-bond acceptors (Lipinski definition) is 4. The highest BCUT2D eigenvalue weighted by atomic mass is 16.5. The molecule has 13 heavy (non-hydrogen) atoms. The Morgan fingerprint density at radius 2 is 2.38 bits per heavy atom. The fraction of sp³-hybridized carbons (Fsp3) is 0.222. The van der Waals surface area contributed by atoms with Crippen molar-refractivity contribution < 1.29 is 9.53 Å². The molecule has 0 aliphatic rings. The third-order valence-electron chi connectivity index (χ3n) is 1.24. The fourth-order valence-corrected chi connectivity index (χ4v) is 0.644. The molecule has 0 aliphatic heterocycles. The van der Waals surface area contributed by atoms with Gasteiger partial charge >= 0.3 is 0 Å². The summed E-state index contributed by atoms with van der Waals surface area (Å²) < 4.78 is 5.08. The van der Waals surface area contributed by atoms with Crippen LogP contribution in [-0.4, -0.2) is 22.9 Å². The van der Waals surface area contributed by atoms with Crippen molar-refractivity contribution >= 4 is 6.29 Å². The van der Waals surface area contributed by atoms with Crippen LogP contribution in [0.2, 0.25) is 0 Å². The van der Waals surface area contributed by atoms with Crippen molar-refractivity contribution in [2.75, 3.05) is 6.61 Å². The van der Waals surface area contributed by atoms with E-state index in [1.807, 2.05) is 0 Å². The molecule has 1 aromatic heterocycles. The topological polar surface area (TPSA) is 52.1 Å². The zero-order chi connectivity index (χ0) is 9.52. The minimum Gasteiger partial charge on any atom is -0.463 e. The molecule has 0 N–H and O–H groups in total. The molecule has 66 valence electrons. The number of rotatable bonds is 3. The van der Waals surface area contributed by atoms with Crippen LogP contribution in [0, 0.1) is 11.8 Å². The largest absolute Gasteiger partial charge is 0.463 e. The molecule has 0 amide bonds. The lowest BCUT2D eigenvalue weighted by Gasteiger charge is -1.98. The Balaban J connectivity index is 2.57. The Morgan fingerprint density at radius 3 is 2.92 bits per heavy atom. The van der Waals surface area contributed by atoms with Crippen molar-refractivity contribution in [1.29, 1.82) is 0 Å². The second-order valence-corrected chi connectivity index (χ2v) is 2.11. The van der Waals surface area contributed by atoms with E-state index >= 15 is 0 Å². The first-order valence-corrected chi connectivity index (χ1v) is 3.66. The standard InChI is InChI=1S/C9H8N2O2/c1-2-3-4-13-9-6-10-8(7-12)5-11-9/h5-7H,4H2,1H3. The molecule has 0 atom stereocenters. The molecule has 0 unspecified atom stereocenters. The number of aldehydes is 1. The molecule has 0 spiro atoms. The van der Waals surface area contributed by atoms with Crippen LogP contribution in [0.1, 0.15) is 17.4 Å². The molecule has 0 saturated heterocycles. The Kier molecular flexibility index (Phi) is 3.45. The highest BCUT2D eigenvalue weighted by Gasteiger charge is 1.95. The predicted molar refractivity (Wildman–Crippen MR) is 46.4 cm³/mol. The lowest BCUT2D eigenvalue weighted by Crippen LogP contribution is -1.98. The van der Waals surface area contributed by atoms with Gasteiger partial charge in [-0.1, -0.05) is 5.92 Å². The molecule has 1 aromatic rings. The van der Waals surface area contributed by atoms with E-state index in [4.69, 9.17) is 4.74 Å². The third-order valence-corrected chi connectivity index (χ3v) is 1.24. The van der Waals surface area contributed by atoms with Crippen molar-refractivity contribution in [2.45, 2.75) is 6.92 Å². The van der Waals surface area contributed by atoms with Crippen LogP contribution in [0.5, 0.6) is 5.88 Å².